The van der Waals surface area contributed by atoms with E-state index >= 15 is 0 Å². The van der Waals surface area contributed by atoms with E-state index in [1.54, 1.807) is 0 Å². The van der Waals surface area contributed by atoms with E-state index in [1.807, 2.05) is 0 Å². The van der Waals surface area contributed by atoms with Crippen molar-refractivity contribution in [3.8, 4) is 0 Å². The van der Waals surface area contributed by atoms with E-state index in [1.165, 1.54) is 13.0 Å². The lowest BCUT2D eigenvalue weighted by Crippen LogP contribution is -2.44. The predicted octanol–water partition coefficient (Wildman–Crippen LogP) is 3.10. The third-order valence-corrected chi connectivity index (χ3v) is 7.97. The predicted molar refractivity (Wildman–Crippen MR) is 159 cm³/mol. The molecule has 0 saturated carbocycles. The lowest BCUT2D eigenvalue weighted by molar-refractivity contribution is 0.0800. The van der Waals surface area contributed by atoms with Gasteiger partial charge in [-0.2, -0.15) is 0 Å². The molecule has 0 aromatic rings. The van der Waals surface area contributed by atoms with E-state index < -0.39 is 0 Å². The molecule has 0 aromatic heterocycles. The summed E-state index contributed by atoms with van der Waals surface area (Å²) < 4.78 is 0. The number of hydrogen-bond acceptors (Lipinski definition) is 7. The van der Waals surface area contributed by atoms with E-state index in [9.17, 15) is 5.11 Å². The number of aliphatic hydroxyl groups is 1. The molecule has 0 aliphatic carbocycles. The second-order valence-electron chi connectivity index (χ2n) is 10.0. The van der Waals surface area contributed by atoms with Gasteiger partial charge in [0.05, 0.1) is 6.10 Å². The fourth-order valence-corrected chi connectivity index (χ4v) is 4.88. The first-order valence-corrected chi connectivity index (χ1v) is 15.4. The van der Waals surface area contributed by atoms with Crippen molar-refractivity contribution in [2.75, 3.05) is 118 Å². The van der Waals surface area contributed by atoms with Crippen LogP contribution in [0.25, 0.3) is 0 Å². The van der Waals surface area contributed by atoms with Gasteiger partial charge in [0.15, 0.2) is 0 Å². The van der Waals surface area contributed by atoms with Crippen LogP contribution in [0.4, 0.5) is 0 Å². The molecule has 0 spiro atoms. The summed E-state index contributed by atoms with van der Waals surface area (Å²) in [6.07, 6.45) is 1.80. The van der Waals surface area contributed by atoms with Crippen LogP contribution in [0.1, 0.15) is 68.2 Å². The van der Waals surface area contributed by atoms with Crippen LogP contribution in [0.3, 0.4) is 0 Å². The lowest BCUT2D eigenvalue weighted by Gasteiger charge is -2.31. The summed E-state index contributed by atoms with van der Waals surface area (Å²) in [5, 5.41) is 11.1. The van der Waals surface area contributed by atoms with Crippen molar-refractivity contribution in [1.82, 2.24) is 29.4 Å². The van der Waals surface area contributed by atoms with Crippen molar-refractivity contribution < 1.29 is 5.11 Å². The van der Waals surface area contributed by atoms with Gasteiger partial charge in [-0.1, -0.05) is 55.4 Å². The lowest BCUT2D eigenvalue weighted by atomic mass is 10.2. The number of rotatable bonds is 26. The Hall–Kier alpha value is -0.280. The molecular formula is C29H66N6O. The van der Waals surface area contributed by atoms with Gasteiger partial charge >= 0.3 is 0 Å². The molecule has 218 valence electrons. The molecule has 1 N–H and O–H groups in total. The highest BCUT2D eigenvalue weighted by Crippen LogP contribution is 2.05. The molecule has 0 radical (unpaired) electrons. The zero-order valence-corrected chi connectivity index (χ0v) is 25.8. The Labute approximate surface area is 226 Å². The summed E-state index contributed by atoms with van der Waals surface area (Å²) in [7, 11) is 0. The number of nitrogens with zero attached hydrogens (tertiary/aromatic N) is 6. The summed E-state index contributed by atoms with van der Waals surface area (Å²) in [6.45, 7) is 37.4. The van der Waals surface area contributed by atoms with Gasteiger partial charge in [0, 0.05) is 52.4 Å². The minimum atomic E-state index is -0.267. The highest BCUT2D eigenvalue weighted by atomic mass is 16.3. The van der Waals surface area contributed by atoms with E-state index in [0.29, 0.717) is 0 Å². The summed E-state index contributed by atoms with van der Waals surface area (Å²) in [4.78, 5) is 15.1. The molecule has 0 aliphatic rings. The third-order valence-electron chi connectivity index (χ3n) is 7.97. The average Bonchev–Trinajstić information content (AvgIpc) is 2.90. The Morgan fingerprint density at radius 2 is 0.694 bits per heavy atom. The second kappa shape index (κ2) is 23.8. The Balaban J connectivity index is 4.92. The summed E-state index contributed by atoms with van der Waals surface area (Å²) in [6, 6.07) is 0. The number of hydrogen-bond donors (Lipinski definition) is 1. The smallest absolute Gasteiger partial charge is 0.0679 e. The number of likely N-dealkylation sites (N-methyl/N-ethyl adjacent to an activating group) is 3. The molecule has 0 fully saturated rings. The van der Waals surface area contributed by atoms with Crippen LogP contribution < -0.4 is 0 Å². The van der Waals surface area contributed by atoms with E-state index in [4.69, 9.17) is 0 Å². The molecular weight excluding hydrogens is 448 g/mol. The molecule has 0 aliphatic heterocycles. The first-order chi connectivity index (χ1) is 17.4. The van der Waals surface area contributed by atoms with Gasteiger partial charge < -0.3 is 29.6 Å². The van der Waals surface area contributed by atoms with E-state index in [2.05, 4.69) is 84.8 Å². The first kappa shape index (κ1) is 35.7. The Bertz CT molecular complexity index is 437. The zero-order valence-electron chi connectivity index (χ0n) is 25.8. The number of aliphatic hydroxyl groups excluding tert-OH is 1. The van der Waals surface area contributed by atoms with Crippen LogP contribution in [0.2, 0.25) is 0 Å². The van der Waals surface area contributed by atoms with Crippen LogP contribution in [-0.2, 0) is 0 Å². The molecule has 0 bridgehead atoms. The van der Waals surface area contributed by atoms with Gasteiger partial charge in [-0.3, -0.25) is 4.90 Å². The highest BCUT2D eigenvalue weighted by Gasteiger charge is 2.16. The topological polar surface area (TPSA) is 39.7 Å². The van der Waals surface area contributed by atoms with Crippen molar-refractivity contribution in [3.05, 3.63) is 0 Å². The van der Waals surface area contributed by atoms with Gasteiger partial charge in [0.25, 0.3) is 0 Å². The Morgan fingerprint density at radius 1 is 0.389 bits per heavy atom. The SMILES string of the molecule is CCN(CC)CCCN(CCC(O)CN(CCN(CC)CC)CCN(CC)CC)CCN(CC)CC. The maximum absolute atomic E-state index is 11.1. The van der Waals surface area contributed by atoms with Gasteiger partial charge in [-0.15, -0.1) is 0 Å². The minimum absolute atomic E-state index is 0.267. The molecule has 1 atom stereocenters. The molecule has 0 aromatic carbocycles. The molecule has 36 heavy (non-hydrogen) atoms. The maximum atomic E-state index is 11.1. The highest BCUT2D eigenvalue weighted by molar-refractivity contribution is 4.72. The van der Waals surface area contributed by atoms with Crippen molar-refractivity contribution >= 4 is 0 Å². The zero-order chi connectivity index (χ0) is 27.2. The monoisotopic (exact) mass is 515 g/mol. The fourth-order valence-electron chi connectivity index (χ4n) is 4.88. The largest absolute Gasteiger partial charge is 0.392 e. The van der Waals surface area contributed by atoms with Gasteiger partial charge in [-0.25, -0.2) is 0 Å². The summed E-state index contributed by atoms with van der Waals surface area (Å²) in [5.41, 5.74) is 0. The molecule has 7 heteroatoms. The van der Waals surface area contributed by atoms with Crippen molar-refractivity contribution in [3.63, 3.8) is 0 Å². The molecule has 7 nitrogen and oxygen atoms in total. The Kier molecular flexibility index (Phi) is 23.6. The van der Waals surface area contributed by atoms with Crippen molar-refractivity contribution in [1.29, 1.82) is 0 Å². The molecule has 0 saturated heterocycles. The summed E-state index contributed by atoms with van der Waals surface area (Å²) >= 11 is 0. The average molecular weight is 515 g/mol. The van der Waals surface area contributed by atoms with E-state index in [0.717, 1.165) is 118 Å². The van der Waals surface area contributed by atoms with Crippen molar-refractivity contribution in [2.24, 2.45) is 0 Å². The quantitative estimate of drug-likeness (QED) is 0.190. The van der Waals surface area contributed by atoms with Crippen LogP contribution in [0, 0.1) is 0 Å². The Morgan fingerprint density at radius 3 is 1.08 bits per heavy atom. The molecule has 0 amide bonds. The van der Waals surface area contributed by atoms with Crippen LogP contribution in [-0.4, -0.2) is 158 Å². The minimum Gasteiger partial charge on any atom is -0.392 e. The molecule has 0 rings (SSSR count). The third kappa shape index (κ3) is 17.3. The normalized spacial score (nSPS) is 13.4. The van der Waals surface area contributed by atoms with Gasteiger partial charge in [-0.05, 0) is 78.3 Å². The van der Waals surface area contributed by atoms with E-state index in [-0.39, 0.29) is 6.10 Å². The standard InChI is InChI=1S/C29H66N6O/c1-9-30(10-2)19-17-20-34(25-22-31(11-3)12-4)21-18-29(36)28-35(26-23-32(13-5)14-6)27-24-33(15-7)16-8/h29,36H,9-28H2,1-8H3. The van der Waals surface area contributed by atoms with Gasteiger partial charge in [0.1, 0.15) is 0 Å². The summed E-state index contributed by atoms with van der Waals surface area (Å²) in [5.74, 6) is 0. The maximum Gasteiger partial charge on any atom is 0.0679 e. The van der Waals surface area contributed by atoms with Gasteiger partial charge in [0.2, 0.25) is 0 Å². The van der Waals surface area contributed by atoms with Crippen LogP contribution in [0.5, 0.6) is 0 Å². The molecule has 0 heterocycles. The first-order valence-electron chi connectivity index (χ1n) is 15.4. The second-order valence-corrected chi connectivity index (χ2v) is 10.0. The molecule has 1 unspecified atom stereocenters. The van der Waals surface area contributed by atoms with Crippen LogP contribution in [0.15, 0.2) is 0 Å². The fraction of sp³-hybridized carbons (Fsp3) is 1.00. The van der Waals surface area contributed by atoms with Crippen LogP contribution >= 0.6 is 0 Å². The van der Waals surface area contributed by atoms with Crippen molar-refractivity contribution in [2.45, 2.75) is 74.3 Å².